The molecule has 0 aliphatic heterocycles. The van der Waals surface area contributed by atoms with Crippen LogP contribution in [0.5, 0.6) is 0 Å². The van der Waals surface area contributed by atoms with E-state index in [1.54, 1.807) is 19.1 Å². The summed E-state index contributed by atoms with van der Waals surface area (Å²) in [4.78, 5) is 35.4. The van der Waals surface area contributed by atoms with Crippen molar-refractivity contribution in [2.24, 2.45) is 5.73 Å². The maximum absolute atomic E-state index is 12.2. The van der Waals surface area contributed by atoms with Crippen LogP contribution in [0.25, 0.3) is 0 Å². The first kappa shape index (κ1) is 16.5. The summed E-state index contributed by atoms with van der Waals surface area (Å²) in [5.41, 5.74) is 6.61. The van der Waals surface area contributed by atoms with Crippen molar-refractivity contribution in [3.05, 3.63) is 29.8 Å². The van der Waals surface area contributed by atoms with Gasteiger partial charge in [0.2, 0.25) is 5.91 Å². The molecule has 0 radical (unpaired) electrons. The van der Waals surface area contributed by atoms with Gasteiger partial charge >= 0.3 is 12.0 Å². The monoisotopic (exact) mass is 293 g/mol. The second kappa shape index (κ2) is 7.28. The van der Waals surface area contributed by atoms with E-state index in [-0.39, 0.29) is 0 Å². The van der Waals surface area contributed by atoms with Crippen molar-refractivity contribution in [3.63, 3.8) is 0 Å². The molecule has 0 saturated carbocycles. The Morgan fingerprint density at radius 1 is 1.38 bits per heavy atom. The number of urea groups is 1. The van der Waals surface area contributed by atoms with Gasteiger partial charge in [-0.25, -0.2) is 9.59 Å². The van der Waals surface area contributed by atoms with Gasteiger partial charge in [0.15, 0.2) is 0 Å². The molecule has 0 unspecified atom stereocenters. The van der Waals surface area contributed by atoms with Crippen LogP contribution in [0.15, 0.2) is 24.3 Å². The van der Waals surface area contributed by atoms with E-state index in [9.17, 15) is 14.4 Å². The Morgan fingerprint density at radius 2 is 2.05 bits per heavy atom. The molecule has 0 bridgehead atoms. The lowest BCUT2D eigenvalue weighted by Gasteiger charge is -2.24. The van der Waals surface area contributed by atoms with E-state index in [4.69, 9.17) is 10.8 Å². The van der Waals surface area contributed by atoms with E-state index in [1.165, 1.54) is 4.90 Å². The maximum atomic E-state index is 12.2. The predicted octanol–water partition coefficient (Wildman–Crippen LogP) is 0.860. The van der Waals surface area contributed by atoms with Gasteiger partial charge in [0, 0.05) is 12.2 Å². The fraction of sp³-hybridized carbons (Fsp3) is 0.357. The quantitative estimate of drug-likeness (QED) is 0.722. The third-order valence-corrected chi connectivity index (χ3v) is 2.88. The molecule has 0 aliphatic carbocycles. The Labute approximate surface area is 122 Å². The zero-order chi connectivity index (χ0) is 16.0. The van der Waals surface area contributed by atoms with Crippen LogP contribution in [-0.4, -0.2) is 35.6 Å². The number of nitrogens with one attached hydrogen (secondary N) is 1. The van der Waals surface area contributed by atoms with Gasteiger partial charge < -0.3 is 16.2 Å². The lowest BCUT2D eigenvalue weighted by Crippen LogP contribution is -2.49. The average molecular weight is 293 g/mol. The highest BCUT2D eigenvalue weighted by Crippen LogP contribution is 2.16. The molecule has 1 aromatic rings. The van der Waals surface area contributed by atoms with Crippen LogP contribution in [0.4, 0.5) is 10.5 Å². The molecule has 1 atom stereocenters. The fourth-order valence-electron chi connectivity index (χ4n) is 1.87. The highest BCUT2D eigenvalue weighted by Gasteiger charge is 2.24. The lowest BCUT2D eigenvalue weighted by atomic mass is 10.2. The largest absolute Gasteiger partial charge is 0.480 e. The first-order chi connectivity index (χ1) is 9.85. The first-order valence-electron chi connectivity index (χ1n) is 6.51. The predicted molar refractivity (Wildman–Crippen MR) is 78.0 cm³/mol. The molecular weight excluding hydrogens is 274 g/mol. The number of hydrogen-bond acceptors (Lipinski definition) is 3. The number of benzene rings is 1. The highest BCUT2D eigenvalue weighted by atomic mass is 16.4. The van der Waals surface area contributed by atoms with Crippen LogP contribution in [0.1, 0.15) is 18.9 Å². The number of rotatable bonds is 6. The number of carbonyl (C=O) groups excluding carboxylic acids is 2. The molecule has 0 aromatic heterocycles. The van der Waals surface area contributed by atoms with E-state index >= 15 is 0 Å². The number of aliphatic carboxylic acids is 1. The Hall–Kier alpha value is -2.57. The second-order valence-corrected chi connectivity index (χ2v) is 4.59. The molecule has 114 valence electrons. The van der Waals surface area contributed by atoms with Crippen LogP contribution >= 0.6 is 0 Å². The number of carbonyl (C=O) groups is 3. The van der Waals surface area contributed by atoms with Crippen LogP contribution in [0, 0.1) is 6.92 Å². The lowest BCUT2D eigenvalue weighted by molar-refractivity contribution is -0.140. The van der Waals surface area contributed by atoms with Gasteiger partial charge in [-0.05, 0) is 31.5 Å². The van der Waals surface area contributed by atoms with E-state index in [0.717, 1.165) is 5.56 Å². The Bertz CT molecular complexity index is 545. The summed E-state index contributed by atoms with van der Waals surface area (Å²) in [5, 5.41) is 11.3. The third kappa shape index (κ3) is 4.79. The van der Waals surface area contributed by atoms with Crippen LogP contribution in [0.2, 0.25) is 0 Å². The molecule has 1 aromatic carbocycles. The summed E-state index contributed by atoms with van der Waals surface area (Å²) in [6.45, 7) is 4.02. The summed E-state index contributed by atoms with van der Waals surface area (Å²) in [6, 6.07) is 5.33. The van der Waals surface area contributed by atoms with Crippen molar-refractivity contribution in [1.82, 2.24) is 5.32 Å². The van der Waals surface area contributed by atoms with Crippen molar-refractivity contribution in [2.45, 2.75) is 26.3 Å². The standard InChI is InChI=1S/C14H19N3O4/c1-3-17(10-6-4-5-9(2)7-10)14(21)16-11(13(19)20)8-12(15)18/h4-7,11H,3,8H2,1-2H3,(H2,15,18)(H,16,21)(H,19,20)/t11-/m1/s1. The van der Waals surface area contributed by atoms with E-state index in [0.29, 0.717) is 12.2 Å². The zero-order valence-electron chi connectivity index (χ0n) is 12.0. The molecule has 21 heavy (non-hydrogen) atoms. The Balaban J connectivity index is 2.88. The number of nitrogens with two attached hydrogens (primary N) is 1. The van der Waals surface area contributed by atoms with Crippen molar-refractivity contribution in [2.75, 3.05) is 11.4 Å². The van der Waals surface area contributed by atoms with Gasteiger partial charge in [0.25, 0.3) is 0 Å². The molecule has 0 aliphatic rings. The Morgan fingerprint density at radius 3 is 2.52 bits per heavy atom. The molecule has 1 rings (SSSR count). The number of aryl methyl sites for hydroxylation is 1. The highest BCUT2D eigenvalue weighted by molar-refractivity contribution is 5.95. The zero-order valence-corrected chi connectivity index (χ0v) is 12.0. The number of carboxylic acids is 1. The summed E-state index contributed by atoms with van der Waals surface area (Å²) in [5.74, 6) is -2.09. The molecule has 7 nitrogen and oxygen atoms in total. The molecular formula is C14H19N3O4. The van der Waals surface area contributed by atoms with Crippen LogP contribution in [0.3, 0.4) is 0 Å². The van der Waals surface area contributed by atoms with Gasteiger partial charge in [-0.15, -0.1) is 0 Å². The van der Waals surface area contributed by atoms with Crippen molar-refractivity contribution in [1.29, 1.82) is 0 Å². The summed E-state index contributed by atoms with van der Waals surface area (Å²) >= 11 is 0. The summed E-state index contributed by atoms with van der Waals surface area (Å²) < 4.78 is 0. The minimum atomic E-state index is -1.34. The normalized spacial score (nSPS) is 11.5. The number of primary amides is 1. The van der Waals surface area contributed by atoms with Crippen molar-refractivity contribution < 1.29 is 19.5 Å². The van der Waals surface area contributed by atoms with Crippen LogP contribution < -0.4 is 16.0 Å². The number of carboxylic acid groups (broad SMARTS) is 1. The Kier molecular flexibility index (Phi) is 5.71. The van der Waals surface area contributed by atoms with Gasteiger partial charge in [0.1, 0.15) is 6.04 Å². The summed E-state index contributed by atoms with van der Waals surface area (Å²) in [6.07, 6.45) is -0.452. The van der Waals surface area contributed by atoms with E-state index in [1.807, 2.05) is 19.1 Å². The first-order valence-corrected chi connectivity index (χ1v) is 6.51. The molecule has 0 heterocycles. The molecule has 7 heteroatoms. The van der Waals surface area contributed by atoms with Crippen LogP contribution in [-0.2, 0) is 9.59 Å². The topological polar surface area (TPSA) is 113 Å². The van der Waals surface area contributed by atoms with Crippen molar-refractivity contribution >= 4 is 23.6 Å². The van der Waals surface area contributed by atoms with Gasteiger partial charge in [-0.1, -0.05) is 12.1 Å². The SMILES string of the molecule is CCN(C(=O)N[C@H](CC(N)=O)C(=O)O)c1cccc(C)c1. The number of amides is 3. The third-order valence-electron chi connectivity index (χ3n) is 2.88. The number of anilines is 1. The minimum absolute atomic E-state index is 0.359. The number of nitrogens with zero attached hydrogens (tertiary/aromatic N) is 1. The molecule has 0 saturated heterocycles. The fourth-order valence-corrected chi connectivity index (χ4v) is 1.87. The van der Waals surface area contributed by atoms with Crippen molar-refractivity contribution in [3.8, 4) is 0 Å². The second-order valence-electron chi connectivity index (χ2n) is 4.59. The van der Waals surface area contributed by atoms with Gasteiger partial charge in [0.05, 0.1) is 6.42 Å². The molecule has 0 fully saturated rings. The van der Waals surface area contributed by atoms with E-state index < -0.39 is 30.4 Å². The van der Waals surface area contributed by atoms with Gasteiger partial charge in [-0.2, -0.15) is 0 Å². The average Bonchev–Trinajstić information content (AvgIpc) is 2.38. The minimum Gasteiger partial charge on any atom is -0.480 e. The van der Waals surface area contributed by atoms with Gasteiger partial charge in [-0.3, -0.25) is 9.69 Å². The number of hydrogen-bond donors (Lipinski definition) is 3. The maximum Gasteiger partial charge on any atom is 0.326 e. The van der Waals surface area contributed by atoms with E-state index in [2.05, 4.69) is 5.32 Å². The molecule has 3 amide bonds. The smallest absolute Gasteiger partial charge is 0.326 e. The molecule has 4 N–H and O–H groups in total. The molecule has 0 spiro atoms. The summed E-state index contributed by atoms with van der Waals surface area (Å²) in [7, 11) is 0.